The van der Waals surface area contributed by atoms with Crippen LogP contribution in [0.3, 0.4) is 0 Å². The Morgan fingerprint density at radius 2 is 2.13 bits per heavy atom. The number of aliphatic imine (C=N–C) groups is 1. The van der Waals surface area contributed by atoms with Crippen molar-refractivity contribution in [2.75, 3.05) is 5.75 Å². The van der Waals surface area contributed by atoms with E-state index in [0.717, 1.165) is 38.5 Å². The summed E-state index contributed by atoms with van der Waals surface area (Å²) in [4.78, 5) is 5.27. The van der Waals surface area contributed by atoms with Gasteiger partial charge in [0, 0.05) is 27.1 Å². The first-order valence-electron chi connectivity index (χ1n) is 6.97. The topological polar surface area (TPSA) is 62.8 Å². The van der Waals surface area contributed by atoms with Crippen LogP contribution in [0.5, 0.6) is 0 Å². The molecule has 0 atom stereocenters. The van der Waals surface area contributed by atoms with Crippen molar-refractivity contribution in [3.05, 3.63) is 58.3 Å². The van der Waals surface area contributed by atoms with Gasteiger partial charge >= 0.3 is 0 Å². The monoisotopic (exact) mass is 392 g/mol. The largest absolute Gasteiger partial charge is 0.368 e. The number of benzene rings is 2. The van der Waals surface area contributed by atoms with Gasteiger partial charge in [0.2, 0.25) is 5.96 Å². The van der Waals surface area contributed by atoms with Crippen LogP contribution >= 0.6 is 27.7 Å². The van der Waals surface area contributed by atoms with E-state index in [0.29, 0.717) is 0 Å². The molecule has 0 fully saturated rings. The maximum Gasteiger partial charge on any atom is 0.214 e. The fourth-order valence-corrected chi connectivity index (χ4v) is 3.60. The van der Waals surface area contributed by atoms with Crippen molar-refractivity contribution in [3.63, 3.8) is 0 Å². The lowest BCUT2D eigenvalue weighted by atomic mass is 10.1. The Balaban J connectivity index is 1.80. The molecule has 1 aliphatic rings. The van der Waals surface area contributed by atoms with Gasteiger partial charge in [0.1, 0.15) is 5.82 Å². The molecule has 0 unspecified atom stereocenters. The second-order valence-corrected chi connectivity index (χ2v) is 6.94. The molecule has 23 heavy (non-hydrogen) atoms. The molecule has 2 aromatic rings. The van der Waals surface area contributed by atoms with Crippen LogP contribution in [0.2, 0.25) is 0 Å². The van der Waals surface area contributed by atoms with Crippen molar-refractivity contribution in [3.8, 4) is 0 Å². The number of rotatable bonds is 2. The minimum Gasteiger partial charge on any atom is -0.368 e. The first-order chi connectivity index (χ1) is 11.1. The van der Waals surface area contributed by atoms with Gasteiger partial charge in [-0.1, -0.05) is 22.0 Å². The minimum absolute atomic E-state index is 0.187. The van der Waals surface area contributed by atoms with Gasteiger partial charge in [0.05, 0.1) is 11.4 Å². The molecule has 0 bridgehead atoms. The summed E-state index contributed by atoms with van der Waals surface area (Å²) < 4.78 is 14.4. The molecular formula is C16H14BrFN4S. The van der Waals surface area contributed by atoms with Crippen molar-refractivity contribution in [1.82, 2.24) is 5.43 Å². The molecule has 2 aromatic carbocycles. The van der Waals surface area contributed by atoms with Crippen LogP contribution < -0.4 is 11.2 Å². The molecule has 0 saturated heterocycles. The Labute approximate surface area is 146 Å². The molecule has 3 rings (SSSR count). The normalized spacial score (nSPS) is 16.3. The Morgan fingerprint density at radius 3 is 2.96 bits per heavy atom. The second-order valence-electron chi connectivity index (χ2n) is 4.89. The molecule has 7 heteroatoms. The minimum atomic E-state index is -0.269. The Bertz CT molecular complexity index is 791. The summed E-state index contributed by atoms with van der Waals surface area (Å²) in [5.74, 6) is 0.823. The van der Waals surface area contributed by atoms with E-state index in [-0.39, 0.29) is 11.8 Å². The van der Waals surface area contributed by atoms with E-state index >= 15 is 0 Å². The number of nitrogens with two attached hydrogens (primary N) is 1. The van der Waals surface area contributed by atoms with Crippen molar-refractivity contribution in [2.24, 2.45) is 15.8 Å². The van der Waals surface area contributed by atoms with Gasteiger partial charge in [-0.15, -0.1) is 11.8 Å². The molecule has 0 aliphatic carbocycles. The first kappa shape index (κ1) is 16.0. The van der Waals surface area contributed by atoms with Crippen molar-refractivity contribution < 1.29 is 4.39 Å². The molecule has 1 heterocycles. The van der Waals surface area contributed by atoms with Crippen LogP contribution in [0.15, 0.2) is 61.9 Å². The molecular weight excluding hydrogens is 379 g/mol. The molecule has 3 N–H and O–H groups in total. The third-order valence-electron chi connectivity index (χ3n) is 3.21. The molecule has 0 amide bonds. The summed E-state index contributed by atoms with van der Waals surface area (Å²) in [6, 6.07) is 12.2. The number of nitrogens with one attached hydrogen (secondary N) is 1. The standard InChI is InChI=1S/C16H14BrFN4S/c17-10-2-1-3-12(8-10)20-16(19)22-21-14-6-7-23-15-5-4-11(18)9-13(14)15/h1-5,8-9H,6-7H2,(H3,19,20,22)/b21-14+. The molecule has 4 nitrogen and oxygen atoms in total. The molecule has 118 valence electrons. The van der Waals surface area contributed by atoms with E-state index in [4.69, 9.17) is 5.73 Å². The maximum absolute atomic E-state index is 13.5. The number of halogens is 2. The summed E-state index contributed by atoms with van der Waals surface area (Å²) in [6.07, 6.45) is 0.748. The van der Waals surface area contributed by atoms with Crippen LogP contribution in [-0.4, -0.2) is 17.4 Å². The molecule has 0 aromatic heterocycles. The third kappa shape index (κ3) is 4.11. The van der Waals surface area contributed by atoms with Gasteiger partial charge in [0.15, 0.2) is 0 Å². The molecule has 0 saturated carbocycles. The van der Waals surface area contributed by atoms with Crippen molar-refractivity contribution in [2.45, 2.75) is 11.3 Å². The fourth-order valence-electron chi connectivity index (χ4n) is 2.20. The van der Waals surface area contributed by atoms with Gasteiger partial charge in [-0.2, -0.15) is 5.10 Å². The number of hydrazone groups is 1. The van der Waals surface area contributed by atoms with Gasteiger partial charge in [-0.25, -0.2) is 14.8 Å². The van der Waals surface area contributed by atoms with E-state index in [1.54, 1.807) is 17.8 Å². The van der Waals surface area contributed by atoms with Crippen LogP contribution in [0.25, 0.3) is 0 Å². The van der Waals surface area contributed by atoms with Gasteiger partial charge in [-0.3, -0.25) is 0 Å². The lowest BCUT2D eigenvalue weighted by Gasteiger charge is -2.17. The van der Waals surface area contributed by atoms with E-state index in [1.165, 1.54) is 12.1 Å². The van der Waals surface area contributed by atoms with E-state index in [9.17, 15) is 4.39 Å². The van der Waals surface area contributed by atoms with Gasteiger partial charge in [-0.05, 0) is 36.4 Å². The predicted molar refractivity (Wildman–Crippen MR) is 96.8 cm³/mol. The van der Waals surface area contributed by atoms with E-state index in [2.05, 4.69) is 31.4 Å². The fraction of sp³-hybridized carbons (Fsp3) is 0.125. The summed E-state index contributed by atoms with van der Waals surface area (Å²) in [5.41, 5.74) is 10.9. The molecule has 0 radical (unpaired) electrons. The van der Waals surface area contributed by atoms with Crippen molar-refractivity contribution >= 4 is 45.1 Å². The highest BCUT2D eigenvalue weighted by Gasteiger charge is 2.16. The third-order valence-corrected chi connectivity index (χ3v) is 4.78. The highest BCUT2D eigenvalue weighted by atomic mass is 79.9. The summed E-state index contributed by atoms with van der Waals surface area (Å²) in [5, 5.41) is 4.30. The lowest BCUT2D eigenvalue weighted by molar-refractivity contribution is 0.626. The SMILES string of the molecule is NC(=Nc1cccc(Br)c1)N/N=C1\CCSc2ccc(F)cc21. The van der Waals surface area contributed by atoms with Gasteiger partial charge < -0.3 is 5.73 Å². The van der Waals surface area contributed by atoms with Crippen LogP contribution in [0.4, 0.5) is 10.1 Å². The Morgan fingerprint density at radius 1 is 1.26 bits per heavy atom. The van der Waals surface area contributed by atoms with E-state index in [1.807, 2.05) is 24.3 Å². The summed E-state index contributed by atoms with van der Waals surface area (Å²) >= 11 is 5.08. The zero-order chi connectivity index (χ0) is 16.2. The number of guanidine groups is 1. The maximum atomic E-state index is 13.5. The summed E-state index contributed by atoms with van der Waals surface area (Å²) in [7, 11) is 0. The number of fused-ring (bicyclic) bond motifs is 1. The number of hydrogen-bond donors (Lipinski definition) is 2. The van der Waals surface area contributed by atoms with Crippen LogP contribution in [0.1, 0.15) is 12.0 Å². The van der Waals surface area contributed by atoms with E-state index < -0.39 is 0 Å². The summed E-state index contributed by atoms with van der Waals surface area (Å²) in [6.45, 7) is 0. The smallest absolute Gasteiger partial charge is 0.214 e. The molecule has 0 spiro atoms. The second kappa shape index (κ2) is 7.14. The predicted octanol–water partition coefficient (Wildman–Crippen LogP) is 4.02. The zero-order valence-electron chi connectivity index (χ0n) is 12.1. The quantitative estimate of drug-likeness (QED) is 0.460. The van der Waals surface area contributed by atoms with Gasteiger partial charge in [0.25, 0.3) is 0 Å². The van der Waals surface area contributed by atoms with Crippen LogP contribution in [-0.2, 0) is 0 Å². The highest BCUT2D eigenvalue weighted by molar-refractivity contribution is 9.10. The lowest BCUT2D eigenvalue weighted by Crippen LogP contribution is -2.28. The average Bonchev–Trinajstić information content (AvgIpc) is 2.53. The Hall–Kier alpha value is -1.86. The number of hydrogen-bond acceptors (Lipinski definition) is 3. The number of nitrogens with zero attached hydrogens (tertiary/aromatic N) is 2. The average molecular weight is 393 g/mol. The molecule has 1 aliphatic heterocycles. The Kier molecular flexibility index (Phi) is 4.97. The van der Waals surface area contributed by atoms with Crippen LogP contribution in [0, 0.1) is 5.82 Å². The number of thioether (sulfide) groups is 1. The van der Waals surface area contributed by atoms with Crippen molar-refractivity contribution in [1.29, 1.82) is 0 Å². The highest BCUT2D eigenvalue weighted by Crippen LogP contribution is 2.30. The zero-order valence-corrected chi connectivity index (χ0v) is 14.5. The first-order valence-corrected chi connectivity index (χ1v) is 8.75.